The molecule has 0 spiro atoms. The first-order valence-electron chi connectivity index (χ1n) is 7.18. The molecule has 1 heterocycles. The maximum absolute atomic E-state index is 12.7. The fourth-order valence-electron chi connectivity index (χ4n) is 2.75. The zero-order chi connectivity index (χ0) is 13.8. The monoisotopic (exact) mass is 296 g/mol. The zero-order valence-electron chi connectivity index (χ0n) is 12.6. The molecule has 1 saturated heterocycles. The molecule has 0 aliphatic carbocycles. The van der Waals surface area contributed by atoms with Crippen molar-refractivity contribution in [1.29, 1.82) is 0 Å². The van der Waals surface area contributed by atoms with E-state index in [-0.39, 0.29) is 18.3 Å². The first-order chi connectivity index (χ1) is 9.11. The molecule has 1 aromatic carbocycles. The molecule has 1 amide bonds. The van der Waals surface area contributed by atoms with Crippen LogP contribution in [-0.2, 0) is 0 Å². The summed E-state index contributed by atoms with van der Waals surface area (Å²) in [5, 5.41) is 3.34. The van der Waals surface area contributed by atoms with Crippen LogP contribution in [0.2, 0.25) is 0 Å². The maximum atomic E-state index is 12.7. The van der Waals surface area contributed by atoms with Crippen LogP contribution in [0.4, 0.5) is 0 Å². The Balaban J connectivity index is 0.00000200. The number of halogens is 1. The molecule has 2 rings (SSSR count). The Labute approximate surface area is 128 Å². The van der Waals surface area contributed by atoms with E-state index >= 15 is 0 Å². The Morgan fingerprint density at radius 1 is 1.25 bits per heavy atom. The Kier molecular flexibility index (Phi) is 6.50. The normalized spacial score (nSPS) is 15.8. The van der Waals surface area contributed by atoms with Crippen LogP contribution in [0.15, 0.2) is 24.3 Å². The van der Waals surface area contributed by atoms with Crippen molar-refractivity contribution in [3.8, 4) is 0 Å². The molecule has 0 saturated carbocycles. The molecule has 1 aliphatic rings. The number of hydrogen-bond donors (Lipinski definition) is 1. The average molecular weight is 297 g/mol. The van der Waals surface area contributed by atoms with Crippen molar-refractivity contribution in [2.45, 2.75) is 38.6 Å². The third kappa shape index (κ3) is 3.74. The van der Waals surface area contributed by atoms with Gasteiger partial charge in [0.2, 0.25) is 0 Å². The van der Waals surface area contributed by atoms with Gasteiger partial charge in [0.25, 0.3) is 5.91 Å². The lowest BCUT2D eigenvalue weighted by Crippen LogP contribution is -2.44. The molecule has 112 valence electrons. The van der Waals surface area contributed by atoms with E-state index < -0.39 is 0 Å². The number of rotatable bonds is 3. The Morgan fingerprint density at radius 2 is 1.85 bits per heavy atom. The van der Waals surface area contributed by atoms with E-state index in [1.165, 1.54) is 0 Å². The predicted molar refractivity (Wildman–Crippen MR) is 85.8 cm³/mol. The van der Waals surface area contributed by atoms with E-state index in [0.29, 0.717) is 12.0 Å². The molecule has 4 heteroatoms. The molecule has 1 N–H and O–H groups in total. The van der Waals surface area contributed by atoms with Gasteiger partial charge in [0.1, 0.15) is 0 Å². The van der Waals surface area contributed by atoms with Crippen molar-refractivity contribution in [3.05, 3.63) is 35.4 Å². The van der Waals surface area contributed by atoms with Gasteiger partial charge < -0.3 is 10.2 Å². The standard InChI is InChI=1S/C16H24N2O.ClH/c1-12(2)14-6-4-5-7-15(14)16(19)18(3)13-8-10-17-11-9-13;/h4-7,12-13,17H,8-11H2,1-3H3;1H. The minimum absolute atomic E-state index is 0. The van der Waals surface area contributed by atoms with Crippen LogP contribution in [0.5, 0.6) is 0 Å². The second kappa shape index (κ2) is 7.65. The van der Waals surface area contributed by atoms with Gasteiger partial charge in [-0.15, -0.1) is 12.4 Å². The van der Waals surface area contributed by atoms with E-state index in [9.17, 15) is 4.79 Å². The van der Waals surface area contributed by atoms with Crippen molar-refractivity contribution >= 4 is 18.3 Å². The molecule has 0 bridgehead atoms. The molecule has 1 aromatic rings. The highest BCUT2D eigenvalue weighted by atomic mass is 35.5. The highest BCUT2D eigenvalue weighted by Crippen LogP contribution is 2.22. The summed E-state index contributed by atoms with van der Waals surface area (Å²) < 4.78 is 0. The van der Waals surface area contributed by atoms with E-state index in [4.69, 9.17) is 0 Å². The number of carbonyl (C=O) groups is 1. The number of hydrogen-bond acceptors (Lipinski definition) is 2. The smallest absolute Gasteiger partial charge is 0.254 e. The molecule has 0 unspecified atom stereocenters. The minimum atomic E-state index is 0. The molecule has 1 aliphatic heterocycles. The van der Waals surface area contributed by atoms with E-state index in [2.05, 4.69) is 25.2 Å². The zero-order valence-corrected chi connectivity index (χ0v) is 13.4. The van der Waals surface area contributed by atoms with Crippen molar-refractivity contribution in [2.75, 3.05) is 20.1 Å². The van der Waals surface area contributed by atoms with Crippen LogP contribution >= 0.6 is 12.4 Å². The average Bonchev–Trinajstić information content (AvgIpc) is 2.46. The van der Waals surface area contributed by atoms with Crippen molar-refractivity contribution < 1.29 is 4.79 Å². The summed E-state index contributed by atoms with van der Waals surface area (Å²) in [6.07, 6.45) is 2.10. The van der Waals surface area contributed by atoms with Crippen molar-refractivity contribution in [1.82, 2.24) is 10.2 Å². The summed E-state index contributed by atoms with van der Waals surface area (Å²) in [7, 11) is 1.94. The number of amides is 1. The summed E-state index contributed by atoms with van der Waals surface area (Å²) in [6, 6.07) is 8.35. The molecule has 0 radical (unpaired) electrons. The van der Waals surface area contributed by atoms with Gasteiger partial charge in [-0.3, -0.25) is 4.79 Å². The van der Waals surface area contributed by atoms with Gasteiger partial charge >= 0.3 is 0 Å². The lowest BCUT2D eigenvalue weighted by Gasteiger charge is -2.32. The van der Waals surface area contributed by atoms with Gasteiger partial charge in [0.05, 0.1) is 0 Å². The third-order valence-electron chi connectivity index (χ3n) is 3.99. The number of carbonyl (C=O) groups excluding carboxylic acids is 1. The molecular formula is C16H25ClN2O. The third-order valence-corrected chi connectivity index (χ3v) is 3.99. The second-order valence-electron chi connectivity index (χ2n) is 5.64. The lowest BCUT2D eigenvalue weighted by molar-refractivity contribution is 0.0701. The van der Waals surface area contributed by atoms with Crippen LogP contribution in [0.1, 0.15) is 48.5 Å². The maximum Gasteiger partial charge on any atom is 0.254 e. The molecule has 0 atom stereocenters. The fraction of sp³-hybridized carbons (Fsp3) is 0.562. The second-order valence-corrected chi connectivity index (χ2v) is 5.64. The van der Waals surface area contributed by atoms with Crippen LogP contribution in [0.25, 0.3) is 0 Å². The molecule has 0 aromatic heterocycles. The first-order valence-corrected chi connectivity index (χ1v) is 7.18. The highest BCUT2D eigenvalue weighted by molar-refractivity contribution is 5.96. The Morgan fingerprint density at radius 3 is 2.45 bits per heavy atom. The van der Waals surface area contributed by atoms with Crippen LogP contribution in [0.3, 0.4) is 0 Å². The molecule has 20 heavy (non-hydrogen) atoms. The van der Waals surface area contributed by atoms with Crippen molar-refractivity contribution in [3.63, 3.8) is 0 Å². The molecular weight excluding hydrogens is 272 g/mol. The van der Waals surface area contributed by atoms with Gasteiger partial charge in [-0.1, -0.05) is 32.0 Å². The van der Waals surface area contributed by atoms with Crippen molar-refractivity contribution in [2.24, 2.45) is 0 Å². The minimum Gasteiger partial charge on any atom is -0.339 e. The van der Waals surface area contributed by atoms with Crippen LogP contribution in [-0.4, -0.2) is 37.0 Å². The summed E-state index contributed by atoms with van der Waals surface area (Å²) in [4.78, 5) is 14.6. The molecule has 1 fully saturated rings. The first kappa shape index (κ1) is 17.0. The summed E-state index contributed by atoms with van der Waals surface area (Å²) in [6.45, 7) is 6.29. The predicted octanol–water partition coefficient (Wildman–Crippen LogP) is 3.06. The van der Waals surface area contributed by atoms with E-state index in [1.807, 2.05) is 30.1 Å². The van der Waals surface area contributed by atoms with Gasteiger partial charge in [-0.2, -0.15) is 0 Å². The summed E-state index contributed by atoms with van der Waals surface area (Å²) in [5.74, 6) is 0.540. The fourth-order valence-corrected chi connectivity index (χ4v) is 2.75. The topological polar surface area (TPSA) is 32.3 Å². The summed E-state index contributed by atoms with van der Waals surface area (Å²) in [5.41, 5.74) is 2.01. The SMILES string of the molecule is CC(C)c1ccccc1C(=O)N(C)C1CCNCC1.Cl. The Bertz CT molecular complexity index is 442. The van der Waals surface area contributed by atoms with Gasteiger partial charge in [-0.05, 0) is 43.5 Å². The quantitative estimate of drug-likeness (QED) is 0.930. The van der Waals surface area contributed by atoms with E-state index in [0.717, 1.165) is 37.1 Å². The lowest BCUT2D eigenvalue weighted by atomic mass is 9.95. The number of benzene rings is 1. The summed E-state index contributed by atoms with van der Waals surface area (Å²) >= 11 is 0. The van der Waals surface area contributed by atoms with Gasteiger partial charge in [0, 0.05) is 18.7 Å². The van der Waals surface area contributed by atoms with Crippen LogP contribution < -0.4 is 5.32 Å². The number of nitrogens with zero attached hydrogens (tertiary/aromatic N) is 1. The van der Waals surface area contributed by atoms with Crippen LogP contribution in [0, 0.1) is 0 Å². The highest BCUT2D eigenvalue weighted by Gasteiger charge is 2.24. The number of piperidine rings is 1. The largest absolute Gasteiger partial charge is 0.339 e. The van der Waals surface area contributed by atoms with E-state index in [1.54, 1.807) is 0 Å². The molecule has 3 nitrogen and oxygen atoms in total. The number of nitrogens with one attached hydrogen (secondary N) is 1. The Hall–Kier alpha value is -1.06. The van der Waals surface area contributed by atoms with Gasteiger partial charge in [0.15, 0.2) is 0 Å². The van der Waals surface area contributed by atoms with Gasteiger partial charge in [-0.25, -0.2) is 0 Å².